The van der Waals surface area contributed by atoms with Gasteiger partial charge in [-0.1, -0.05) is 0 Å². The van der Waals surface area contributed by atoms with Crippen LogP contribution in [0.2, 0.25) is 0 Å². The fourth-order valence-corrected chi connectivity index (χ4v) is 3.13. The Morgan fingerprint density at radius 1 is 1.38 bits per heavy atom. The number of nitrogens with zero attached hydrogens (tertiary/aromatic N) is 2. The van der Waals surface area contributed by atoms with Gasteiger partial charge >= 0.3 is 12.0 Å². The van der Waals surface area contributed by atoms with Crippen LogP contribution in [-0.4, -0.2) is 52.4 Å². The molecule has 4 amide bonds. The minimum atomic E-state index is -0.907. The molecule has 9 nitrogen and oxygen atoms in total. The molecule has 0 atom stereocenters. The van der Waals surface area contributed by atoms with Crippen molar-refractivity contribution in [2.45, 2.75) is 45.6 Å². The molecule has 0 radical (unpaired) electrons. The van der Waals surface area contributed by atoms with Crippen molar-refractivity contribution in [3.8, 4) is 0 Å². The van der Waals surface area contributed by atoms with E-state index in [4.69, 9.17) is 4.74 Å². The van der Waals surface area contributed by atoms with Gasteiger partial charge in [-0.3, -0.25) is 19.3 Å². The molecule has 0 aliphatic carbocycles. The van der Waals surface area contributed by atoms with Gasteiger partial charge in [0.05, 0.1) is 18.7 Å². The highest BCUT2D eigenvalue weighted by atomic mass is 32.1. The number of amides is 4. The predicted octanol–water partition coefficient (Wildman–Crippen LogP) is 1.30. The average molecular weight is 382 g/mol. The molecule has 0 aromatic carbocycles. The molecule has 0 saturated carbocycles. The lowest BCUT2D eigenvalue weighted by Crippen LogP contribution is -2.40. The van der Waals surface area contributed by atoms with E-state index in [0.717, 1.165) is 4.90 Å². The molecule has 1 aliphatic rings. The summed E-state index contributed by atoms with van der Waals surface area (Å²) in [4.78, 5) is 52.4. The summed E-state index contributed by atoms with van der Waals surface area (Å²) in [7, 11) is 0. The van der Waals surface area contributed by atoms with Gasteiger partial charge in [-0.15, -0.1) is 11.3 Å². The monoisotopic (exact) mass is 382 g/mol. The maximum atomic E-state index is 12.0. The molecule has 1 fully saturated rings. The van der Waals surface area contributed by atoms with Crippen LogP contribution >= 0.6 is 11.3 Å². The summed E-state index contributed by atoms with van der Waals surface area (Å²) in [5.41, 5.74) is -0.374. The van der Waals surface area contributed by atoms with Crippen LogP contribution in [0.4, 0.5) is 9.93 Å². The van der Waals surface area contributed by atoms with Crippen LogP contribution in [0.5, 0.6) is 0 Å². The number of carbonyl (C=O) groups is 4. The number of thiazole rings is 1. The van der Waals surface area contributed by atoms with Crippen LogP contribution in [0.3, 0.4) is 0 Å². The van der Waals surface area contributed by atoms with Crippen LogP contribution < -0.4 is 10.6 Å². The van der Waals surface area contributed by atoms with Gasteiger partial charge in [0.2, 0.25) is 5.91 Å². The van der Waals surface area contributed by atoms with Gasteiger partial charge in [0, 0.05) is 18.3 Å². The van der Waals surface area contributed by atoms with Crippen LogP contribution in [0.1, 0.15) is 39.3 Å². The first kappa shape index (κ1) is 19.8. The molecule has 1 aliphatic heterocycles. The summed E-state index contributed by atoms with van der Waals surface area (Å²) in [6.07, 6.45) is 0.550. The third-order valence-corrected chi connectivity index (χ3v) is 4.47. The molecule has 1 aromatic rings. The number of aromatic nitrogens is 1. The van der Waals surface area contributed by atoms with Crippen molar-refractivity contribution in [1.82, 2.24) is 15.2 Å². The number of hydrogen-bond acceptors (Lipinski definition) is 7. The lowest BCUT2D eigenvalue weighted by Gasteiger charge is -2.15. The number of ether oxygens (including phenoxy) is 1. The second-order valence-corrected chi connectivity index (χ2v) is 7.15. The number of rotatable bonds is 8. The Labute approximate surface area is 155 Å². The van der Waals surface area contributed by atoms with E-state index in [-0.39, 0.29) is 37.2 Å². The van der Waals surface area contributed by atoms with Crippen molar-refractivity contribution in [1.29, 1.82) is 0 Å². The molecule has 1 aromatic heterocycles. The van der Waals surface area contributed by atoms with Crippen LogP contribution in [0.15, 0.2) is 5.38 Å². The van der Waals surface area contributed by atoms with Gasteiger partial charge in [-0.05, 0) is 27.2 Å². The number of anilines is 1. The predicted molar refractivity (Wildman–Crippen MR) is 94.6 cm³/mol. The lowest BCUT2D eigenvalue weighted by molar-refractivity contribution is -0.142. The molecular formula is C16H22N4O5S. The highest BCUT2D eigenvalue weighted by Gasteiger charge is 2.43. The number of nitrogens with one attached hydrogen (secondary N) is 2. The van der Waals surface area contributed by atoms with Crippen LogP contribution in [0, 0.1) is 0 Å². The Kier molecular flexibility index (Phi) is 6.30. The smallest absolute Gasteiger partial charge is 0.325 e. The van der Waals surface area contributed by atoms with E-state index in [1.54, 1.807) is 26.2 Å². The van der Waals surface area contributed by atoms with E-state index >= 15 is 0 Å². The molecular weight excluding hydrogens is 360 g/mol. The zero-order valence-electron chi connectivity index (χ0n) is 15.0. The fourth-order valence-electron chi connectivity index (χ4n) is 2.41. The van der Waals surface area contributed by atoms with E-state index in [9.17, 15) is 19.2 Å². The molecule has 0 spiro atoms. The third-order valence-electron chi connectivity index (χ3n) is 3.66. The van der Waals surface area contributed by atoms with Crippen molar-refractivity contribution in [3.63, 3.8) is 0 Å². The van der Waals surface area contributed by atoms with Gasteiger partial charge in [0.1, 0.15) is 5.54 Å². The van der Waals surface area contributed by atoms with E-state index in [0.29, 0.717) is 23.9 Å². The quantitative estimate of drug-likeness (QED) is 0.517. The van der Waals surface area contributed by atoms with Crippen molar-refractivity contribution in [2.24, 2.45) is 0 Å². The van der Waals surface area contributed by atoms with Crippen molar-refractivity contribution >= 4 is 40.3 Å². The molecule has 1 saturated heterocycles. The normalized spacial score (nSPS) is 15.7. The standard InChI is InChI=1S/C16H22N4O5S/c1-4-25-12(22)8-10-9-26-14(17-10)18-11(21)6-5-7-20-13(23)16(2,3)19-15(20)24/h9H,4-8H2,1-3H3,(H,19,24)(H,17,18,21). The zero-order chi connectivity index (χ0) is 19.3. The maximum Gasteiger partial charge on any atom is 0.325 e. The summed E-state index contributed by atoms with van der Waals surface area (Å²) >= 11 is 1.22. The molecule has 2 N–H and O–H groups in total. The van der Waals surface area contributed by atoms with Gasteiger partial charge in [0.15, 0.2) is 5.13 Å². The third kappa shape index (κ3) is 5.01. The van der Waals surface area contributed by atoms with Crippen LogP contribution in [0.25, 0.3) is 0 Å². The largest absolute Gasteiger partial charge is 0.466 e. The van der Waals surface area contributed by atoms with Crippen molar-refractivity contribution in [2.75, 3.05) is 18.5 Å². The Morgan fingerprint density at radius 2 is 2.12 bits per heavy atom. The Hall–Kier alpha value is -2.49. The highest BCUT2D eigenvalue weighted by molar-refractivity contribution is 7.13. The Balaban J connectivity index is 1.76. The van der Waals surface area contributed by atoms with E-state index in [2.05, 4.69) is 15.6 Å². The summed E-state index contributed by atoms with van der Waals surface area (Å²) < 4.78 is 4.84. The number of imide groups is 1. The van der Waals surface area contributed by atoms with E-state index in [1.165, 1.54) is 11.3 Å². The van der Waals surface area contributed by atoms with E-state index in [1.807, 2.05) is 0 Å². The molecule has 2 rings (SSSR count). The molecule has 142 valence electrons. The molecule has 26 heavy (non-hydrogen) atoms. The minimum Gasteiger partial charge on any atom is -0.466 e. The summed E-state index contributed by atoms with van der Waals surface area (Å²) in [6, 6.07) is -0.441. The highest BCUT2D eigenvalue weighted by Crippen LogP contribution is 2.18. The van der Waals surface area contributed by atoms with Gasteiger partial charge < -0.3 is 15.4 Å². The minimum absolute atomic E-state index is 0.0577. The summed E-state index contributed by atoms with van der Waals surface area (Å²) in [5, 5.41) is 7.31. The SMILES string of the molecule is CCOC(=O)Cc1csc(NC(=O)CCCN2C(=O)NC(C)(C)C2=O)n1. The summed E-state index contributed by atoms with van der Waals surface area (Å²) in [5.74, 6) is -0.938. The first-order valence-corrected chi connectivity index (χ1v) is 9.15. The first-order chi connectivity index (χ1) is 12.2. The maximum absolute atomic E-state index is 12.0. The van der Waals surface area contributed by atoms with Crippen molar-refractivity contribution < 1.29 is 23.9 Å². The number of urea groups is 1. The van der Waals surface area contributed by atoms with Gasteiger partial charge in [-0.25, -0.2) is 9.78 Å². The first-order valence-electron chi connectivity index (χ1n) is 8.27. The van der Waals surface area contributed by atoms with Gasteiger partial charge in [-0.2, -0.15) is 0 Å². The number of carbonyl (C=O) groups excluding carboxylic acids is 4. The summed E-state index contributed by atoms with van der Waals surface area (Å²) in [6.45, 7) is 5.48. The van der Waals surface area contributed by atoms with E-state index < -0.39 is 11.6 Å². The molecule has 0 bridgehead atoms. The Morgan fingerprint density at radius 3 is 2.73 bits per heavy atom. The number of hydrogen-bond donors (Lipinski definition) is 2. The van der Waals surface area contributed by atoms with Gasteiger partial charge in [0.25, 0.3) is 5.91 Å². The van der Waals surface area contributed by atoms with Crippen LogP contribution in [-0.2, 0) is 25.5 Å². The molecule has 2 heterocycles. The zero-order valence-corrected chi connectivity index (χ0v) is 15.8. The fraction of sp³-hybridized carbons (Fsp3) is 0.562. The Bertz CT molecular complexity index is 715. The van der Waals surface area contributed by atoms with Crippen molar-refractivity contribution in [3.05, 3.63) is 11.1 Å². The molecule has 10 heteroatoms. The topological polar surface area (TPSA) is 118 Å². The lowest BCUT2D eigenvalue weighted by atomic mass is 10.1. The second-order valence-electron chi connectivity index (χ2n) is 6.29. The molecule has 0 unspecified atom stereocenters. The average Bonchev–Trinajstić information content (AvgIpc) is 3.04. The second kappa shape index (κ2) is 8.26. The number of esters is 1.